The molecule has 0 radical (unpaired) electrons. The van der Waals surface area contributed by atoms with Gasteiger partial charge in [0.2, 0.25) is 0 Å². The lowest BCUT2D eigenvalue weighted by Crippen LogP contribution is -2.32. The lowest BCUT2D eigenvalue weighted by Gasteiger charge is -2.37. The van der Waals surface area contributed by atoms with E-state index in [9.17, 15) is 5.26 Å². The molecule has 0 amide bonds. The van der Waals surface area contributed by atoms with Crippen LogP contribution in [0.5, 0.6) is 0 Å². The van der Waals surface area contributed by atoms with E-state index in [2.05, 4.69) is 59.5 Å². The number of piperidine rings is 1. The van der Waals surface area contributed by atoms with Crippen molar-refractivity contribution in [3.63, 3.8) is 0 Å². The van der Waals surface area contributed by atoms with Crippen LogP contribution in [0.15, 0.2) is 48.5 Å². The molecule has 2 nitrogen and oxygen atoms in total. The van der Waals surface area contributed by atoms with Crippen molar-refractivity contribution in [2.45, 2.75) is 44.9 Å². The van der Waals surface area contributed by atoms with Crippen LogP contribution in [0.2, 0.25) is 0 Å². The number of aryl methyl sites for hydroxylation is 2. The van der Waals surface area contributed by atoms with Gasteiger partial charge in [-0.25, -0.2) is 0 Å². The summed E-state index contributed by atoms with van der Waals surface area (Å²) in [6.07, 6.45) is 7.86. The summed E-state index contributed by atoms with van der Waals surface area (Å²) in [4.78, 5) is 2.54. The minimum atomic E-state index is 0.958. The quantitative estimate of drug-likeness (QED) is 0.503. The molecule has 6 rings (SSSR count). The summed E-state index contributed by atoms with van der Waals surface area (Å²) in [6, 6.07) is 20.5. The molecule has 3 aromatic carbocycles. The summed E-state index contributed by atoms with van der Waals surface area (Å²) in [5, 5.41) is 10.4. The van der Waals surface area contributed by atoms with Crippen LogP contribution in [0.3, 0.4) is 0 Å². The molecule has 148 valence electrons. The Morgan fingerprint density at radius 2 is 1.23 bits per heavy atom. The summed E-state index contributed by atoms with van der Waals surface area (Å²) < 4.78 is 0. The number of hydrogen-bond donors (Lipinski definition) is 0. The van der Waals surface area contributed by atoms with Gasteiger partial charge in [0.25, 0.3) is 0 Å². The minimum Gasteiger partial charge on any atom is -0.370 e. The van der Waals surface area contributed by atoms with E-state index in [1.807, 2.05) is 0 Å². The Morgan fingerprint density at radius 3 is 1.87 bits per heavy atom. The molecule has 1 saturated heterocycles. The van der Waals surface area contributed by atoms with E-state index >= 15 is 0 Å². The van der Waals surface area contributed by atoms with Gasteiger partial charge in [0.15, 0.2) is 0 Å². The fourth-order valence-corrected chi connectivity index (χ4v) is 6.00. The van der Waals surface area contributed by atoms with Crippen LogP contribution in [0, 0.1) is 11.3 Å². The molecule has 0 saturated carbocycles. The van der Waals surface area contributed by atoms with E-state index < -0.39 is 0 Å². The summed E-state index contributed by atoms with van der Waals surface area (Å²) in [7, 11) is 0. The molecule has 0 bridgehead atoms. The second kappa shape index (κ2) is 7.03. The summed E-state index contributed by atoms with van der Waals surface area (Å²) in [5.74, 6) is 0. The van der Waals surface area contributed by atoms with Crippen molar-refractivity contribution in [2.75, 3.05) is 18.0 Å². The fraction of sp³-hybridized carbons (Fsp3) is 0.321. The van der Waals surface area contributed by atoms with Crippen LogP contribution < -0.4 is 4.90 Å². The number of hydrogen-bond acceptors (Lipinski definition) is 2. The molecule has 1 heterocycles. The van der Waals surface area contributed by atoms with Gasteiger partial charge in [0, 0.05) is 13.1 Å². The highest BCUT2D eigenvalue weighted by molar-refractivity contribution is 5.97. The third kappa shape index (κ3) is 2.55. The number of anilines is 1. The Balaban J connectivity index is 1.73. The molecular weight excluding hydrogens is 364 g/mol. The molecule has 0 atom stereocenters. The minimum absolute atomic E-state index is 0.958. The van der Waals surface area contributed by atoms with Crippen molar-refractivity contribution in [3.8, 4) is 28.3 Å². The van der Waals surface area contributed by atoms with Gasteiger partial charge in [-0.15, -0.1) is 0 Å². The predicted molar refractivity (Wildman–Crippen MR) is 123 cm³/mol. The largest absolute Gasteiger partial charge is 0.370 e. The Kier molecular flexibility index (Phi) is 4.16. The average molecular weight is 391 g/mol. The van der Waals surface area contributed by atoms with Crippen LogP contribution in [-0.4, -0.2) is 13.1 Å². The Morgan fingerprint density at radius 1 is 0.667 bits per heavy atom. The maximum atomic E-state index is 10.4. The molecule has 3 aromatic rings. The standard InChI is InChI=1S/C28H26N2/c29-18-25-23-14-12-19-8-2-4-10-21(19)26(23)27-22-11-5-3-9-20(22)13-15-24(27)28(25)30-16-6-1-7-17-30/h2-5,8-11H,1,6-7,12-17H2. The van der Waals surface area contributed by atoms with Gasteiger partial charge in [-0.2, -0.15) is 5.26 Å². The maximum Gasteiger partial charge on any atom is 0.102 e. The number of nitrogens with zero attached hydrogens (tertiary/aromatic N) is 2. The van der Waals surface area contributed by atoms with E-state index in [1.54, 1.807) is 0 Å². The van der Waals surface area contributed by atoms with Crippen molar-refractivity contribution in [1.82, 2.24) is 0 Å². The number of benzene rings is 3. The smallest absolute Gasteiger partial charge is 0.102 e. The van der Waals surface area contributed by atoms with Crippen molar-refractivity contribution in [1.29, 1.82) is 5.26 Å². The molecule has 1 fully saturated rings. The number of nitriles is 1. The maximum absolute atomic E-state index is 10.4. The van der Waals surface area contributed by atoms with Gasteiger partial charge in [0.1, 0.15) is 6.07 Å². The van der Waals surface area contributed by atoms with Crippen LogP contribution in [0.1, 0.15) is 47.1 Å². The first kappa shape index (κ1) is 17.8. The fourth-order valence-electron chi connectivity index (χ4n) is 6.00. The third-order valence-corrected chi connectivity index (χ3v) is 7.32. The molecule has 0 aromatic heterocycles. The Labute approximate surface area is 178 Å². The molecular formula is C28H26N2. The molecule has 0 unspecified atom stereocenters. The summed E-state index contributed by atoms with van der Waals surface area (Å²) >= 11 is 0. The highest BCUT2D eigenvalue weighted by atomic mass is 15.1. The first-order valence-corrected chi connectivity index (χ1v) is 11.4. The second-order valence-corrected chi connectivity index (χ2v) is 8.90. The van der Waals surface area contributed by atoms with Crippen molar-refractivity contribution in [2.24, 2.45) is 0 Å². The van der Waals surface area contributed by atoms with E-state index in [4.69, 9.17) is 0 Å². The summed E-state index contributed by atoms with van der Waals surface area (Å²) in [6.45, 7) is 2.16. The van der Waals surface area contributed by atoms with E-state index in [0.717, 1.165) is 44.3 Å². The Bertz CT molecular complexity index is 1190. The molecule has 3 aliphatic rings. The van der Waals surface area contributed by atoms with Crippen molar-refractivity contribution < 1.29 is 0 Å². The van der Waals surface area contributed by atoms with E-state index in [0.29, 0.717) is 0 Å². The SMILES string of the molecule is N#Cc1c2c(c3c(c1N1CCCCC1)CCc1ccccc1-3)-c1ccccc1CC2. The molecule has 0 spiro atoms. The number of fused-ring (bicyclic) bond motifs is 7. The topological polar surface area (TPSA) is 27.0 Å². The van der Waals surface area contributed by atoms with Crippen molar-refractivity contribution >= 4 is 5.69 Å². The molecule has 1 aliphatic heterocycles. The van der Waals surface area contributed by atoms with Gasteiger partial charge in [-0.1, -0.05) is 48.5 Å². The van der Waals surface area contributed by atoms with Gasteiger partial charge in [-0.3, -0.25) is 0 Å². The summed E-state index contributed by atoms with van der Waals surface area (Å²) in [5.41, 5.74) is 13.3. The lowest BCUT2D eigenvalue weighted by molar-refractivity contribution is 0.575. The van der Waals surface area contributed by atoms with E-state index in [-0.39, 0.29) is 0 Å². The van der Waals surface area contributed by atoms with Crippen molar-refractivity contribution in [3.05, 3.63) is 76.3 Å². The first-order chi connectivity index (χ1) is 14.9. The molecule has 0 N–H and O–H groups in total. The van der Waals surface area contributed by atoms with E-state index in [1.165, 1.54) is 69.5 Å². The van der Waals surface area contributed by atoms with Crippen LogP contribution in [0.4, 0.5) is 5.69 Å². The normalized spacial score (nSPS) is 16.7. The van der Waals surface area contributed by atoms with Crippen LogP contribution in [-0.2, 0) is 25.7 Å². The van der Waals surface area contributed by atoms with Crippen LogP contribution >= 0.6 is 0 Å². The zero-order valence-electron chi connectivity index (χ0n) is 17.4. The highest BCUT2D eigenvalue weighted by Crippen LogP contribution is 2.51. The molecule has 30 heavy (non-hydrogen) atoms. The van der Waals surface area contributed by atoms with Gasteiger partial charge in [-0.05, 0) is 89.5 Å². The van der Waals surface area contributed by atoms with Gasteiger partial charge >= 0.3 is 0 Å². The average Bonchev–Trinajstić information content (AvgIpc) is 2.83. The highest BCUT2D eigenvalue weighted by Gasteiger charge is 2.33. The zero-order valence-corrected chi connectivity index (χ0v) is 17.4. The number of rotatable bonds is 1. The third-order valence-electron chi connectivity index (χ3n) is 7.32. The zero-order chi connectivity index (χ0) is 20.1. The van der Waals surface area contributed by atoms with Gasteiger partial charge < -0.3 is 4.90 Å². The first-order valence-electron chi connectivity index (χ1n) is 11.4. The molecule has 2 heteroatoms. The molecule has 2 aliphatic carbocycles. The van der Waals surface area contributed by atoms with Crippen LogP contribution in [0.25, 0.3) is 22.3 Å². The van der Waals surface area contributed by atoms with Gasteiger partial charge in [0.05, 0.1) is 11.3 Å². The second-order valence-electron chi connectivity index (χ2n) is 8.90. The monoisotopic (exact) mass is 390 g/mol. The Hall–Kier alpha value is -3.05. The predicted octanol–water partition coefficient (Wildman–Crippen LogP) is 6.08. The lowest BCUT2D eigenvalue weighted by atomic mass is 9.73.